The quantitative estimate of drug-likeness (QED) is 0.430. The van der Waals surface area contributed by atoms with Gasteiger partial charge in [-0.05, 0) is 65.8 Å². The van der Waals surface area contributed by atoms with Crippen LogP contribution in [0.15, 0.2) is 0 Å². The molecule has 1 aliphatic carbocycles. The first-order chi connectivity index (χ1) is 12.9. The zero-order chi connectivity index (χ0) is 21.1. The third-order valence-corrected chi connectivity index (χ3v) is 6.11. The molecule has 0 bridgehead atoms. The Morgan fingerprint density at radius 2 is 1.82 bits per heavy atom. The van der Waals surface area contributed by atoms with Crippen LogP contribution in [0.25, 0.3) is 0 Å². The van der Waals surface area contributed by atoms with E-state index in [1.165, 1.54) is 4.90 Å². The minimum Gasteiger partial charge on any atom is -0.481 e. The van der Waals surface area contributed by atoms with E-state index in [1.54, 1.807) is 6.92 Å². The number of carbonyl (C=O) groups is 3. The summed E-state index contributed by atoms with van der Waals surface area (Å²) in [5.41, 5.74) is 4.69. The first-order valence-corrected chi connectivity index (χ1v) is 9.97. The highest BCUT2D eigenvalue weighted by molar-refractivity contribution is 5.83. The number of urea groups is 1. The summed E-state index contributed by atoms with van der Waals surface area (Å²) in [6.45, 7) is 6.53. The van der Waals surface area contributed by atoms with Gasteiger partial charge in [0.1, 0.15) is 6.04 Å². The van der Waals surface area contributed by atoms with Crippen LogP contribution in [0.1, 0.15) is 59.3 Å². The lowest BCUT2D eigenvalue weighted by molar-refractivity contribution is -0.150. The van der Waals surface area contributed by atoms with Crippen LogP contribution in [0, 0.1) is 5.41 Å². The van der Waals surface area contributed by atoms with Crippen molar-refractivity contribution in [3.8, 4) is 0 Å². The lowest BCUT2D eigenvalue weighted by Crippen LogP contribution is -2.54. The first kappa shape index (κ1) is 22.4. The maximum atomic E-state index is 12.5. The fraction of sp³-hybridized carbons (Fsp3) is 0.842. The van der Waals surface area contributed by atoms with Crippen molar-refractivity contribution in [1.29, 1.82) is 0 Å². The van der Waals surface area contributed by atoms with E-state index in [0.717, 1.165) is 12.8 Å². The second kappa shape index (κ2) is 8.65. The average Bonchev–Trinajstić information content (AvgIpc) is 2.98. The van der Waals surface area contributed by atoms with E-state index in [1.807, 2.05) is 13.8 Å². The van der Waals surface area contributed by atoms with E-state index in [-0.39, 0.29) is 25.0 Å². The maximum absolute atomic E-state index is 12.5. The molecule has 0 radical (unpaired) electrons. The molecular formula is C19H34N4O5. The molecule has 2 aliphatic rings. The molecule has 0 spiro atoms. The lowest BCUT2D eigenvalue weighted by atomic mass is 9.74. The van der Waals surface area contributed by atoms with E-state index in [2.05, 4.69) is 10.6 Å². The summed E-state index contributed by atoms with van der Waals surface area (Å²) in [6.07, 6.45) is 3.89. The molecule has 2 unspecified atom stereocenters. The molecule has 6 N–H and O–H groups in total. The second-order valence-corrected chi connectivity index (χ2v) is 9.16. The number of carbonyl (C=O) groups excluding carboxylic acids is 1. The Balaban J connectivity index is 1.77. The van der Waals surface area contributed by atoms with E-state index < -0.39 is 35.0 Å². The topological polar surface area (TPSA) is 145 Å². The van der Waals surface area contributed by atoms with Crippen molar-refractivity contribution < 1.29 is 24.6 Å². The van der Waals surface area contributed by atoms with Gasteiger partial charge < -0.3 is 31.5 Å². The smallest absolute Gasteiger partial charge is 0.326 e. The van der Waals surface area contributed by atoms with Crippen LogP contribution in [0.4, 0.5) is 4.79 Å². The monoisotopic (exact) mass is 398 g/mol. The normalized spacial score (nSPS) is 30.9. The molecule has 0 aromatic heterocycles. The standard InChI is InChI=1S/C19H34N4O5/c1-18(2,22-17(28)23-11-12(20)10-14(23)15(24)25)8-9-21-13-4-6-19(3,7-5-13)16(26)27/h12-14,21H,4-11,20H2,1-3H3,(H,22,28)(H,24,25)(H,26,27). The van der Waals surface area contributed by atoms with Gasteiger partial charge in [0.05, 0.1) is 5.41 Å². The molecule has 160 valence electrons. The van der Waals surface area contributed by atoms with Crippen LogP contribution in [-0.4, -0.2) is 69.8 Å². The van der Waals surface area contributed by atoms with Crippen LogP contribution in [0.3, 0.4) is 0 Å². The molecule has 2 atom stereocenters. The molecule has 0 aromatic carbocycles. The van der Waals surface area contributed by atoms with Crippen molar-refractivity contribution in [3.63, 3.8) is 0 Å². The van der Waals surface area contributed by atoms with E-state index in [0.29, 0.717) is 25.8 Å². The Bertz CT molecular complexity index is 601. The highest BCUT2D eigenvalue weighted by Gasteiger charge is 2.40. The molecule has 9 nitrogen and oxygen atoms in total. The maximum Gasteiger partial charge on any atom is 0.326 e. The summed E-state index contributed by atoms with van der Waals surface area (Å²) in [6, 6.07) is -1.32. The Kier molecular flexibility index (Phi) is 6.93. The predicted octanol–water partition coefficient (Wildman–Crippen LogP) is 0.974. The fourth-order valence-electron chi connectivity index (χ4n) is 4.01. The number of hydrogen-bond donors (Lipinski definition) is 5. The van der Waals surface area contributed by atoms with Crippen LogP contribution >= 0.6 is 0 Å². The summed E-state index contributed by atoms with van der Waals surface area (Å²) in [5.74, 6) is -1.76. The third kappa shape index (κ3) is 5.57. The highest BCUT2D eigenvalue weighted by atomic mass is 16.4. The van der Waals surface area contributed by atoms with E-state index in [9.17, 15) is 24.6 Å². The van der Waals surface area contributed by atoms with Crippen LogP contribution < -0.4 is 16.4 Å². The average molecular weight is 399 g/mol. The minimum absolute atomic E-state index is 0.238. The third-order valence-electron chi connectivity index (χ3n) is 6.11. The highest BCUT2D eigenvalue weighted by Crippen LogP contribution is 2.36. The summed E-state index contributed by atoms with van der Waals surface area (Å²) < 4.78 is 0. The van der Waals surface area contributed by atoms with Crippen molar-refractivity contribution in [2.75, 3.05) is 13.1 Å². The van der Waals surface area contributed by atoms with Crippen LogP contribution in [-0.2, 0) is 9.59 Å². The number of amides is 2. The number of likely N-dealkylation sites (tertiary alicyclic amines) is 1. The molecule has 1 saturated carbocycles. The summed E-state index contributed by atoms with van der Waals surface area (Å²) in [5, 5.41) is 25.0. The summed E-state index contributed by atoms with van der Waals surface area (Å²) in [4.78, 5) is 36.5. The molecule has 0 aromatic rings. The lowest BCUT2D eigenvalue weighted by Gasteiger charge is -2.35. The predicted molar refractivity (Wildman–Crippen MR) is 104 cm³/mol. The number of nitrogens with zero attached hydrogens (tertiary/aromatic N) is 1. The fourth-order valence-corrected chi connectivity index (χ4v) is 4.01. The number of carboxylic acids is 2. The van der Waals surface area contributed by atoms with Crippen molar-refractivity contribution in [1.82, 2.24) is 15.5 Å². The van der Waals surface area contributed by atoms with Crippen molar-refractivity contribution in [2.45, 2.75) is 83.0 Å². The number of nitrogens with two attached hydrogens (primary N) is 1. The van der Waals surface area contributed by atoms with Gasteiger partial charge in [0, 0.05) is 24.2 Å². The molecule has 9 heteroatoms. The number of hydrogen-bond acceptors (Lipinski definition) is 5. The van der Waals surface area contributed by atoms with Gasteiger partial charge >= 0.3 is 18.0 Å². The van der Waals surface area contributed by atoms with Gasteiger partial charge in [0.2, 0.25) is 0 Å². The SMILES string of the molecule is CC(C)(CCNC1CCC(C)(C(=O)O)CC1)NC(=O)N1CC(N)CC1C(=O)O. The molecular weight excluding hydrogens is 364 g/mol. The Hall–Kier alpha value is -1.87. The molecule has 1 aliphatic heterocycles. The largest absolute Gasteiger partial charge is 0.481 e. The van der Waals surface area contributed by atoms with Gasteiger partial charge in [-0.1, -0.05) is 0 Å². The van der Waals surface area contributed by atoms with Gasteiger partial charge in [-0.2, -0.15) is 0 Å². The van der Waals surface area contributed by atoms with Gasteiger partial charge in [-0.15, -0.1) is 0 Å². The van der Waals surface area contributed by atoms with Crippen molar-refractivity contribution in [2.24, 2.45) is 11.1 Å². The van der Waals surface area contributed by atoms with Crippen LogP contribution in [0.2, 0.25) is 0 Å². The molecule has 1 heterocycles. The van der Waals surface area contributed by atoms with Gasteiger partial charge in [0.15, 0.2) is 0 Å². The molecule has 28 heavy (non-hydrogen) atoms. The summed E-state index contributed by atoms with van der Waals surface area (Å²) >= 11 is 0. The minimum atomic E-state index is -1.03. The van der Waals surface area contributed by atoms with Gasteiger partial charge in [-0.25, -0.2) is 9.59 Å². The number of nitrogens with one attached hydrogen (secondary N) is 2. The Morgan fingerprint density at radius 3 is 2.36 bits per heavy atom. The Labute approximate surface area is 166 Å². The molecule has 2 fully saturated rings. The number of carboxylic acid groups (broad SMARTS) is 2. The number of rotatable bonds is 7. The second-order valence-electron chi connectivity index (χ2n) is 9.16. The molecule has 2 rings (SSSR count). The van der Waals surface area contributed by atoms with Gasteiger partial charge in [-0.3, -0.25) is 4.79 Å². The summed E-state index contributed by atoms with van der Waals surface area (Å²) in [7, 11) is 0. The molecule has 1 saturated heterocycles. The first-order valence-electron chi connectivity index (χ1n) is 9.97. The zero-order valence-electron chi connectivity index (χ0n) is 17.0. The van der Waals surface area contributed by atoms with Crippen LogP contribution in [0.5, 0.6) is 0 Å². The van der Waals surface area contributed by atoms with E-state index in [4.69, 9.17) is 5.73 Å². The van der Waals surface area contributed by atoms with Crippen molar-refractivity contribution >= 4 is 18.0 Å². The molecule has 2 amide bonds. The van der Waals surface area contributed by atoms with Crippen molar-refractivity contribution in [3.05, 3.63) is 0 Å². The number of aliphatic carboxylic acids is 2. The zero-order valence-corrected chi connectivity index (χ0v) is 17.0. The van der Waals surface area contributed by atoms with E-state index >= 15 is 0 Å². The van der Waals surface area contributed by atoms with Gasteiger partial charge in [0.25, 0.3) is 0 Å². The Morgan fingerprint density at radius 1 is 1.21 bits per heavy atom.